The van der Waals surface area contributed by atoms with Crippen LogP contribution in [0.25, 0.3) is 82.1 Å². The maximum absolute atomic E-state index is 14.2. The predicted octanol–water partition coefficient (Wildman–Crippen LogP) is 16.5. The van der Waals surface area contributed by atoms with Crippen LogP contribution in [0, 0.1) is 20.4 Å². The molecular formula is C49H27F12N3. The lowest BCUT2D eigenvalue weighted by atomic mass is 9.92. The van der Waals surface area contributed by atoms with Crippen molar-refractivity contribution in [3.05, 3.63) is 172 Å². The van der Waals surface area contributed by atoms with Gasteiger partial charge in [-0.2, -0.15) is 52.7 Å². The zero-order valence-corrected chi connectivity index (χ0v) is 33.0. The Balaban J connectivity index is 1.43. The van der Waals surface area contributed by atoms with Crippen molar-refractivity contribution < 1.29 is 52.7 Å². The summed E-state index contributed by atoms with van der Waals surface area (Å²) in [4.78, 5) is 3.81. The summed E-state index contributed by atoms with van der Waals surface area (Å²) in [7, 11) is 0. The molecule has 0 spiro atoms. The van der Waals surface area contributed by atoms with E-state index in [0.717, 1.165) is 66.2 Å². The Labute approximate surface area is 354 Å². The Kier molecular flexibility index (Phi) is 9.48. The van der Waals surface area contributed by atoms with Crippen molar-refractivity contribution in [2.75, 3.05) is 0 Å². The van der Waals surface area contributed by atoms with Gasteiger partial charge in [0.15, 0.2) is 5.69 Å². The summed E-state index contributed by atoms with van der Waals surface area (Å²) >= 11 is 0. The van der Waals surface area contributed by atoms with Gasteiger partial charge in [-0.1, -0.05) is 35.9 Å². The van der Waals surface area contributed by atoms with Gasteiger partial charge in [-0.15, -0.1) is 0 Å². The molecule has 0 aliphatic rings. The van der Waals surface area contributed by atoms with E-state index in [0.29, 0.717) is 27.5 Å². The van der Waals surface area contributed by atoms with Gasteiger partial charge in [0, 0.05) is 32.8 Å². The average molecular weight is 886 g/mol. The molecule has 9 aromatic rings. The van der Waals surface area contributed by atoms with E-state index in [4.69, 9.17) is 6.57 Å². The third-order valence-electron chi connectivity index (χ3n) is 11.4. The van der Waals surface area contributed by atoms with Crippen LogP contribution < -0.4 is 0 Å². The molecule has 7 aromatic carbocycles. The maximum Gasteiger partial charge on any atom is 0.416 e. The third kappa shape index (κ3) is 6.97. The number of hydrogen-bond acceptors (Lipinski definition) is 0. The number of benzene rings is 7. The second-order valence-corrected chi connectivity index (χ2v) is 15.4. The Bertz CT molecular complexity index is 3360. The molecule has 0 saturated heterocycles. The minimum absolute atomic E-state index is 0.0372. The van der Waals surface area contributed by atoms with E-state index in [9.17, 15) is 52.7 Å². The van der Waals surface area contributed by atoms with Crippen LogP contribution in [0.4, 0.5) is 58.4 Å². The van der Waals surface area contributed by atoms with Crippen molar-refractivity contribution in [1.82, 2.24) is 9.13 Å². The zero-order chi connectivity index (χ0) is 45.8. The number of halogens is 12. The van der Waals surface area contributed by atoms with Gasteiger partial charge >= 0.3 is 24.7 Å². The fraction of sp³-hybridized carbons (Fsp3) is 0.122. The van der Waals surface area contributed by atoms with Gasteiger partial charge in [0.25, 0.3) is 0 Å². The van der Waals surface area contributed by atoms with E-state index in [1.54, 1.807) is 47.9 Å². The molecule has 0 unspecified atom stereocenters. The fourth-order valence-electron chi connectivity index (χ4n) is 8.55. The van der Waals surface area contributed by atoms with Crippen LogP contribution in [0.3, 0.4) is 0 Å². The molecule has 0 fully saturated rings. The van der Waals surface area contributed by atoms with E-state index >= 15 is 0 Å². The van der Waals surface area contributed by atoms with E-state index in [-0.39, 0.29) is 60.9 Å². The summed E-state index contributed by atoms with van der Waals surface area (Å²) in [6.45, 7) is 11.6. The van der Waals surface area contributed by atoms with Crippen LogP contribution in [-0.2, 0) is 24.7 Å². The molecule has 9 rings (SSSR count). The van der Waals surface area contributed by atoms with Gasteiger partial charge < -0.3 is 9.13 Å². The van der Waals surface area contributed by atoms with Crippen LogP contribution in [0.15, 0.2) is 127 Å². The van der Waals surface area contributed by atoms with Gasteiger partial charge in [0.2, 0.25) is 0 Å². The van der Waals surface area contributed by atoms with Crippen molar-refractivity contribution in [2.45, 2.75) is 38.6 Å². The van der Waals surface area contributed by atoms with E-state index in [1.165, 1.54) is 41.8 Å². The summed E-state index contributed by atoms with van der Waals surface area (Å²) in [5.74, 6) is 0. The molecule has 15 heteroatoms. The monoisotopic (exact) mass is 885 g/mol. The number of aryl methyl sites for hydroxylation is 2. The van der Waals surface area contributed by atoms with Crippen molar-refractivity contribution in [3.63, 3.8) is 0 Å². The Morgan fingerprint density at radius 2 is 0.859 bits per heavy atom. The first kappa shape index (κ1) is 42.1. The zero-order valence-electron chi connectivity index (χ0n) is 33.0. The Morgan fingerprint density at radius 1 is 0.422 bits per heavy atom. The van der Waals surface area contributed by atoms with Crippen LogP contribution in [0.1, 0.15) is 33.4 Å². The molecule has 0 N–H and O–H groups in total. The van der Waals surface area contributed by atoms with Crippen molar-refractivity contribution in [3.8, 4) is 33.6 Å². The average Bonchev–Trinajstić information content (AvgIpc) is 3.73. The van der Waals surface area contributed by atoms with Gasteiger partial charge in [0.1, 0.15) is 0 Å². The predicted molar refractivity (Wildman–Crippen MR) is 222 cm³/mol. The molecule has 322 valence electrons. The van der Waals surface area contributed by atoms with E-state index in [1.807, 2.05) is 0 Å². The van der Waals surface area contributed by atoms with E-state index in [2.05, 4.69) is 4.85 Å². The lowest BCUT2D eigenvalue weighted by molar-refractivity contribution is -0.138. The highest BCUT2D eigenvalue weighted by molar-refractivity contribution is 6.12. The van der Waals surface area contributed by atoms with Crippen LogP contribution >= 0.6 is 0 Å². The highest BCUT2D eigenvalue weighted by Gasteiger charge is 2.35. The Hall–Kier alpha value is -7.21. The molecule has 0 amide bonds. The lowest BCUT2D eigenvalue weighted by Crippen LogP contribution is -2.06. The number of aromatic nitrogens is 2. The fourth-order valence-corrected chi connectivity index (χ4v) is 8.55. The molecule has 2 heterocycles. The molecule has 0 atom stereocenters. The van der Waals surface area contributed by atoms with Crippen molar-refractivity contribution in [1.29, 1.82) is 0 Å². The quantitative estimate of drug-likeness (QED) is 0.124. The summed E-state index contributed by atoms with van der Waals surface area (Å²) < 4.78 is 172. The molecule has 0 aliphatic carbocycles. The topological polar surface area (TPSA) is 14.2 Å². The molecule has 3 nitrogen and oxygen atoms in total. The highest BCUT2D eigenvalue weighted by Crippen LogP contribution is 2.48. The number of alkyl halides is 12. The lowest BCUT2D eigenvalue weighted by Gasteiger charge is -2.21. The first-order chi connectivity index (χ1) is 30.0. The number of rotatable bonds is 4. The molecule has 64 heavy (non-hydrogen) atoms. The number of hydrogen-bond donors (Lipinski definition) is 0. The molecular weight excluding hydrogens is 859 g/mol. The normalized spacial score (nSPS) is 12.8. The molecule has 0 bridgehead atoms. The van der Waals surface area contributed by atoms with Gasteiger partial charge in [-0.05, 0) is 133 Å². The maximum atomic E-state index is 14.2. The number of fused-ring (bicyclic) bond motifs is 6. The largest absolute Gasteiger partial charge is 0.416 e. The van der Waals surface area contributed by atoms with Gasteiger partial charge in [0.05, 0.1) is 56.6 Å². The summed E-state index contributed by atoms with van der Waals surface area (Å²) in [5, 5.41) is 0.311. The SMILES string of the molecule is [C-]#[N+]c1cccc(-n2c3ccc(C(F)(F)F)cc3c3cc(C(F)(F)F)ccc32)c1-c1cc(-c2ccc(C(F)(F)F)cc2C)ccc1-n1c2ccc(C)cc2c2cc(C(F)(F)F)ccc21. The highest BCUT2D eigenvalue weighted by atomic mass is 19.4. The van der Waals surface area contributed by atoms with Crippen LogP contribution in [0.5, 0.6) is 0 Å². The van der Waals surface area contributed by atoms with E-state index < -0.39 is 47.0 Å². The Morgan fingerprint density at radius 3 is 1.33 bits per heavy atom. The summed E-state index contributed by atoms with van der Waals surface area (Å²) in [6, 6.07) is 26.2. The first-order valence-corrected chi connectivity index (χ1v) is 19.2. The second-order valence-electron chi connectivity index (χ2n) is 15.4. The van der Waals surface area contributed by atoms with Crippen molar-refractivity contribution >= 4 is 49.3 Å². The molecule has 2 aromatic heterocycles. The van der Waals surface area contributed by atoms with Gasteiger partial charge in [-0.3, -0.25) is 0 Å². The molecule has 0 aliphatic heterocycles. The molecule has 0 saturated carbocycles. The smallest absolute Gasteiger partial charge is 0.310 e. The minimum Gasteiger partial charge on any atom is -0.310 e. The van der Waals surface area contributed by atoms with Crippen molar-refractivity contribution in [2.24, 2.45) is 0 Å². The van der Waals surface area contributed by atoms with Crippen LogP contribution in [-0.4, -0.2) is 9.13 Å². The number of nitrogens with zero attached hydrogens (tertiary/aromatic N) is 3. The summed E-state index contributed by atoms with van der Waals surface area (Å²) in [6.07, 6.45) is -19.1. The van der Waals surface area contributed by atoms with Gasteiger partial charge in [-0.25, -0.2) is 4.85 Å². The first-order valence-electron chi connectivity index (χ1n) is 19.2. The third-order valence-corrected chi connectivity index (χ3v) is 11.4. The standard InChI is InChI=1S/C49H27F12N3/c1-25-7-14-39-33(19-25)34-22-29(47(53,54)55)10-16-40(34)63(39)43-15-8-27(32-13-9-28(20-26(32)2)46(50,51)52)21-37(43)45-38(62-3)5-4-6-44(45)64-41-17-11-30(48(56,57)58)23-35(41)36-24-31(49(59,60)61)12-18-42(36)64/h4-24H,1-2H3. The molecule has 0 radical (unpaired) electrons. The minimum atomic E-state index is -4.87. The second kappa shape index (κ2) is 14.4. The summed E-state index contributed by atoms with van der Waals surface area (Å²) in [5.41, 5.74) is -0.829. The van der Waals surface area contributed by atoms with Crippen LogP contribution in [0.2, 0.25) is 0 Å².